The van der Waals surface area contributed by atoms with E-state index in [0.29, 0.717) is 11.1 Å². The average molecular weight is 155 g/mol. The molecule has 0 aliphatic heterocycles. The Morgan fingerprint density at radius 1 is 1.50 bits per heavy atom. The van der Waals surface area contributed by atoms with Gasteiger partial charge in [0.05, 0.1) is 6.61 Å². The Labute approximate surface area is 59.2 Å². The highest BCUT2D eigenvalue weighted by Gasteiger charge is 1.91. The van der Waals surface area contributed by atoms with E-state index in [-0.39, 0.29) is 0 Å². The quantitative estimate of drug-likeness (QED) is 0.594. The fourth-order valence-electron chi connectivity index (χ4n) is 0.271. The maximum Gasteiger partial charge on any atom is 0.108 e. The van der Waals surface area contributed by atoms with Crippen LogP contribution in [0.2, 0.25) is 0 Å². The maximum absolute atomic E-state index is 5.37. The first-order valence-corrected chi connectivity index (χ1v) is 2.93. The Morgan fingerprint density at radius 3 is 2.12 bits per heavy atom. The number of hydrogen-bond donors (Lipinski definition) is 0. The molecule has 0 aliphatic rings. The Bertz CT molecular complexity index is 94.6. The third-order valence-corrected chi connectivity index (χ3v) is 1.33. The van der Waals surface area contributed by atoms with E-state index in [0.717, 1.165) is 5.57 Å². The van der Waals surface area contributed by atoms with E-state index in [9.17, 15) is 0 Å². The zero-order valence-electron chi connectivity index (χ0n) is 4.87. The van der Waals surface area contributed by atoms with Crippen LogP contribution in [0.25, 0.3) is 0 Å². The van der Waals surface area contributed by atoms with Crippen molar-refractivity contribution in [1.82, 2.24) is 0 Å². The van der Waals surface area contributed by atoms with Crippen molar-refractivity contribution in [2.75, 3.05) is 13.7 Å². The largest absolute Gasteiger partial charge is 0.380 e. The Hall–Kier alpha value is 0.280. The van der Waals surface area contributed by atoms with Crippen LogP contribution in [0.4, 0.5) is 0 Å². The van der Waals surface area contributed by atoms with Gasteiger partial charge in [-0.15, -0.1) is 0 Å². The van der Waals surface area contributed by atoms with Crippen molar-refractivity contribution in [2.24, 2.45) is 0 Å². The van der Waals surface area contributed by atoms with E-state index >= 15 is 0 Å². The summed E-state index contributed by atoms with van der Waals surface area (Å²) < 4.78 is 5.04. The first kappa shape index (κ1) is 8.28. The zero-order valence-corrected chi connectivity index (χ0v) is 6.38. The van der Waals surface area contributed by atoms with Gasteiger partial charge in [0.15, 0.2) is 0 Å². The van der Waals surface area contributed by atoms with Gasteiger partial charge in [-0.2, -0.15) is 0 Å². The predicted molar refractivity (Wildman–Crippen MR) is 36.3 cm³/mol. The number of rotatable bonds is 2. The average Bonchev–Trinajstić information content (AvgIpc) is 1.67. The molecular formula is C5H8Cl2O. The summed E-state index contributed by atoms with van der Waals surface area (Å²) >= 11 is 10.7. The minimum absolute atomic E-state index is 0.298. The molecule has 0 amide bonds. The molecular weight excluding hydrogens is 147 g/mol. The topological polar surface area (TPSA) is 9.23 Å². The summed E-state index contributed by atoms with van der Waals surface area (Å²) in [6, 6.07) is 0. The molecule has 0 spiro atoms. The van der Waals surface area contributed by atoms with Gasteiger partial charge in [0.2, 0.25) is 0 Å². The van der Waals surface area contributed by atoms with Gasteiger partial charge in [-0.05, 0) is 12.5 Å². The molecule has 0 fully saturated rings. The molecule has 0 radical (unpaired) electrons. The van der Waals surface area contributed by atoms with Gasteiger partial charge < -0.3 is 4.74 Å². The number of ether oxygens (including phenoxy) is 1. The summed E-state index contributed by atoms with van der Waals surface area (Å²) in [5, 5.41) is 0. The van der Waals surface area contributed by atoms with E-state index in [1.807, 2.05) is 6.92 Å². The summed E-state index contributed by atoms with van der Waals surface area (Å²) in [7, 11) is 1.60. The van der Waals surface area contributed by atoms with Gasteiger partial charge in [-0.1, -0.05) is 23.2 Å². The van der Waals surface area contributed by atoms with Crippen molar-refractivity contribution in [1.29, 1.82) is 0 Å². The molecule has 8 heavy (non-hydrogen) atoms. The fourth-order valence-corrected chi connectivity index (χ4v) is 0.380. The maximum atomic E-state index is 5.37. The molecule has 0 rings (SSSR count). The van der Waals surface area contributed by atoms with Crippen molar-refractivity contribution in [3.8, 4) is 0 Å². The van der Waals surface area contributed by atoms with Gasteiger partial charge in [0.1, 0.15) is 4.49 Å². The normalized spacial score (nSPS) is 9.00. The van der Waals surface area contributed by atoms with Crippen molar-refractivity contribution < 1.29 is 4.74 Å². The lowest BCUT2D eigenvalue weighted by Crippen LogP contribution is -1.89. The highest BCUT2D eigenvalue weighted by atomic mass is 35.5. The molecule has 0 heterocycles. The van der Waals surface area contributed by atoms with Crippen LogP contribution in [0.5, 0.6) is 0 Å². The monoisotopic (exact) mass is 154 g/mol. The number of hydrogen-bond acceptors (Lipinski definition) is 1. The molecule has 0 aromatic carbocycles. The van der Waals surface area contributed by atoms with Crippen LogP contribution >= 0.6 is 23.2 Å². The SMILES string of the molecule is COCC(C)=C(Cl)Cl. The first-order valence-electron chi connectivity index (χ1n) is 2.18. The van der Waals surface area contributed by atoms with Crippen molar-refractivity contribution in [3.05, 3.63) is 10.1 Å². The third-order valence-electron chi connectivity index (χ3n) is 0.683. The lowest BCUT2D eigenvalue weighted by molar-refractivity contribution is 0.226. The highest BCUT2D eigenvalue weighted by molar-refractivity contribution is 6.56. The van der Waals surface area contributed by atoms with Gasteiger partial charge in [0, 0.05) is 7.11 Å². The van der Waals surface area contributed by atoms with Crippen LogP contribution in [0.3, 0.4) is 0 Å². The molecule has 0 bridgehead atoms. The molecule has 0 unspecified atom stereocenters. The summed E-state index contributed by atoms with van der Waals surface area (Å²) in [4.78, 5) is 0. The van der Waals surface area contributed by atoms with E-state index < -0.39 is 0 Å². The molecule has 1 nitrogen and oxygen atoms in total. The lowest BCUT2D eigenvalue weighted by Gasteiger charge is -1.95. The molecule has 0 saturated carbocycles. The van der Waals surface area contributed by atoms with Gasteiger partial charge in [0.25, 0.3) is 0 Å². The van der Waals surface area contributed by atoms with Gasteiger partial charge in [-0.25, -0.2) is 0 Å². The standard InChI is InChI=1S/C5H8Cl2O/c1-4(3-8-2)5(6)7/h3H2,1-2H3. The van der Waals surface area contributed by atoms with Crippen LogP contribution in [0.1, 0.15) is 6.92 Å². The molecule has 0 saturated heterocycles. The van der Waals surface area contributed by atoms with Crippen molar-refractivity contribution in [3.63, 3.8) is 0 Å². The van der Waals surface area contributed by atoms with Gasteiger partial charge in [-0.3, -0.25) is 0 Å². The van der Waals surface area contributed by atoms with Crippen LogP contribution in [-0.2, 0) is 4.74 Å². The smallest absolute Gasteiger partial charge is 0.108 e. The minimum atomic E-state index is 0.298. The summed E-state index contributed by atoms with van der Waals surface area (Å²) in [6.45, 7) is 2.32. The van der Waals surface area contributed by atoms with Crippen molar-refractivity contribution >= 4 is 23.2 Å². The molecule has 0 aliphatic carbocycles. The number of methoxy groups -OCH3 is 1. The molecule has 0 N–H and O–H groups in total. The van der Waals surface area contributed by atoms with Crippen LogP contribution < -0.4 is 0 Å². The van der Waals surface area contributed by atoms with Crippen LogP contribution in [-0.4, -0.2) is 13.7 Å². The number of halogens is 2. The highest BCUT2D eigenvalue weighted by Crippen LogP contribution is 2.12. The molecule has 0 atom stereocenters. The third kappa shape index (κ3) is 3.30. The van der Waals surface area contributed by atoms with E-state index in [1.54, 1.807) is 7.11 Å². The fraction of sp³-hybridized carbons (Fsp3) is 0.600. The second kappa shape index (κ2) is 4.19. The Kier molecular flexibility index (Phi) is 4.33. The zero-order chi connectivity index (χ0) is 6.57. The molecule has 48 valence electrons. The van der Waals surface area contributed by atoms with E-state index in [4.69, 9.17) is 27.9 Å². The van der Waals surface area contributed by atoms with E-state index in [1.165, 1.54) is 0 Å². The van der Waals surface area contributed by atoms with Crippen LogP contribution in [0, 0.1) is 0 Å². The minimum Gasteiger partial charge on any atom is -0.380 e. The first-order chi connectivity index (χ1) is 3.68. The molecule has 3 heteroatoms. The molecule has 0 aromatic heterocycles. The van der Waals surface area contributed by atoms with E-state index in [2.05, 4.69) is 0 Å². The Morgan fingerprint density at radius 2 is 2.00 bits per heavy atom. The van der Waals surface area contributed by atoms with Crippen molar-refractivity contribution in [2.45, 2.75) is 6.92 Å². The summed E-state index contributed by atoms with van der Waals surface area (Å²) in [5.74, 6) is 0. The second-order valence-electron chi connectivity index (χ2n) is 1.47. The Balaban J connectivity index is 3.62. The van der Waals surface area contributed by atoms with Crippen LogP contribution in [0.15, 0.2) is 10.1 Å². The summed E-state index contributed by atoms with van der Waals surface area (Å²) in [5.41, 5.74) is 0.857. The predicted octanol–water partition coefficient (Wildman–Crippen LogP) is 2.34. The molecule has 0 aromatic rings. The second-order valence-corrected chi connectivity index (χ2v) is 2.42. The lowest BCUT2D eigenvalue weighted by atomic mass is 10.4. The summed E-state index contributed by atoms with van der Waals surface area (Å²) in [6.07, 6.45) is 0. The van der Waals surface area contributed by atoms with Gasteiger partial charge >= 0.3 is 0 Å².